The predicted octanol–water partition coefficient (Wildman–Crippen LogP) is 1.88. The summed E-state index contributed by atoms with van der Waals surface area (Å²) in [5, 5.41) is 2.89. The van der Waals surface area contributed by atoms with Crippen molar-refractivity contribution in [3.05, 3.63) is 23.8 Å². The predicted molar refractivity (Wildman–Crippen MR) is 74.9 cm³/mol. The van der Waals surface area contributed by atoms with E-state index in [-0.39, 0.29) is 5.91 Å². The Labute approximate surface area is 108 Å². The van der Waals surface area contributed by atoms with E-state index >= 15 is 0 Å². The summed E-state index contributed by atoms with van der Waals surface area (Å²) in [4.78, 5) is 13.9. The minimum absolute atomic E-state index is 0.0190. The third-order valence-electron chi connectivity index (χ3n) is 3.33. The van der Waals surface area contributed by atoms with Crippen LogP contribution in [-0.4, -0.2) is 25.5 Å². The Balaban J connectivity index is 2.07. The summed E-state index contributed by atoms with van der Waals surface area (Å²) >= 11 is 0. The van der Waals surface area contributed by atoms with E-state index in [2.05, 4.69) is 22.3 Å². The van der Waals surface area contributed by atoms with Crippen molar-refractivity contribution in [2.24, 2.45) is 5.73 Å². The van der Waals surface area contributed by atoms with Gasteiger partial charge in [0, 0.05) is 37.4 Å². The van der Waals surface area contributed by atoms with Gasteiger partial charge >= 0.3 is 0 Å². The van der Waals surface area contributed by atoms with Crippen molar-refractivity contribution in [2.45, 2.75) is 26.2 Å². The third kappa shape index (κ3) is 3.01. The van der Waals surface area contributed by atoms with Gasteiger partial charge in [0.1, 0.15) is 0 Å². The van der Waals surface area contributed by atoms with Gasteiger partial charge in [-0.1, -0.05) is 0 Å². The molecule has 1 fully saturated rings. The molecule has 4 nitrogen and oxygen atoms in total. The van der Waals surface area contributed by atoms with Gasteiger partial charge in [-0.3, -0.25) is 4.79 Å². The first kappa shape index (κ1) is 12.9. The topological polar surface area (TPSA) is 58.4 Å². The Morgan fingerprint density at radius 3 is 2.72 bits per heavy atom. The number of hydrogen-bond acceptors (Lipinski definition) is 3. The minimum atomic E-state index is -0.0190. The number of hydrogen-bond donors (Lipinski definition) is 2. The number of nitrogens with two attached hydrogens (primary N) is 1. The van der Waals surface area contributed by atoms with E-state index in [0.29, 0.717) is 13.0 Å². The average Bonchev–Trinajstić information content (AvgIpc) is 2.85. The van der Waals surface area contributed by atoms with Crippen molar-refractivity contribution in [2.75, 3.05) is 29.9 Å². The van der Waals surface area contributed by atoms with Crippen molar-refractivity contribution in [3.8, 4) is 0 Å². The monoisotopic (exact) mass is 247 g/mol. The molecule has 1 amide bonds. The minimum Gasteiger partial charge on any atom is -0.372 e. The van der Waals surface area contributed by atoms with E-state index in [9.17, 15) is 4.79 Å². The number of aryl methyl sites for hydroxylation is 1. The molecule has 18 heavy (non-hydrogen) atoms. The normalized spacial score (nSPS) is 14.9. The maximum absolute atomic E-state index is 11.5. The summed E-state index contributed by atoms with van der Waals surface area (Å²) in [6.07, 6.45) is 2.91. The van der Waals surface area contributed by atoms with Gasteiger partial charge in [0.05, 0.1) is 0 Å². The molecule has 1 aliphatic rings. The van der Waals surface area contributed by atoms with Crippen molar-refractivity contribution in [3.63, 3.8) is 0 Å². The number of nitrogens with zero attached hydrogens (tertiary/aromatic N) is 1. The highest BCUT2D eigenvalue weighted by Crippen LogP contribution is 2.25. The van der Waals surface area contributed by atoms with Crippen LogP contribution in [0.1, 0.15) is 24.8 Å². The molecule has 0 atom stereocenters. The van der Waals surface area contributed by atoms with Gasteiger partial charge in [0.2, 0.25) is 5.91 Å². The second-order valence-corrected chi connectivity index (χ2v) is 4.78. The highest BCUT2D eigenvalue weighted by atomic mass is 16.1. The highest BCUT2D eigenvalue weighted by molar-refractivity contribution is 5.91. The lowest BCUT2D eigenvalue weighted by atomic mass is 10.1. The van der Waals surface area contributed by atoms with E-state index < -0.39 is 0 Å². The number of anilines is 2. The van der Waals surface area contributed by atoms with Crippen molar-refractivity contribution in [1.82, 2.24) is 0 Å². The number of rotatable bonds is 4. The molecule has 0 bridgehead atoms. The van der Waals surface area contributed by atoms with Gasteiger partial charge in [0.15, 0.2) is 0 Å². The van der Waals surface area contributed by atoms with Gasteiger partial charge in [-0.2, -0.15) is 0 Å². The number of nitrogens with one attached hydrogen (secondary N) is 1. The average molecular weight is 247 g/mol. The standard InChI is InChI=1S/C14H21N3O/c1-11-10-12(17-8-2-3-9-17)4-5-13(11)16-14(18)6-7-15/h4-5,10H,2-3,6-9,15H2,1H3,(H,16,18). The lowest BCUT2D eigenvalue weighted by Gasteiger charge is -2.19. The van der Waals surface area contributed by atoms with E-state index in [4.69, 9.17) is 5.73 Å². The Hall–Kier alpha value is -1.55. The quantitative estimate of drug-likeness (QED) is 0.854. The van der Waals surface area contributed by atoms with Crippen LogP contribution in [0, 0.1) is 6.92 Å². The van der Waals surface area contributed by atoms with Crippen LogP contribution < -0.4 is 16.0 Å². The largest absolute Gasteiger partial charge is 0.372 e. The molecular formula is C14H21N3O. The zero-order valence-corrected chi connectivity index (χ0v) is 10.9. The highest BCUT2D eigenvalue weighted by Gasteiger charge is 2.13. The molecule has 1 saturated heterocycles. The summed E-state index contributed by atoms with van der Waals surface area (Å²) in [7, 11) is 0. The molecule has 0 spiro atoms. The van der Waals surface area contributed by atoms with Crippen molar-refractivity contribution < 1.29 is 4.79 Å². The Kier molecular flexibility index (Phi) is 4.20. The van der Waals surface area contributed by atoms with Crippen molar-refractivity contribution in [1.29, 1.82) is 0 Å². The molecule has 0 saturated carbocycles. The summed E-state index contributed by atoms with van der Waals surface area (Å²) in [5.41, 5.74) is 8.60. The molecule has 0 unspecified atom stereocenters. The molecular weight excluding hydrogens is 226 g/mol. The van der Waals surface area contributed by atoms with Crippen LogP contribution in [0.3, 0.4) is 0 Å². The van der Waals surface area contributed by atoms with Crippen LogP contribution in [0.2, 0.25) is 0 Å². The SMILES string of the molecule is Cc1cc(N2CCCC2)ccc1NC(=O)CCN. The van der Waals surface area contributed by atoms with Gasteiger partial charge in [0.25, 0.3) is 0 Å². The molecule has 1 heterocycles. The lowest BCUT2D eigenvalue weighted by molar-refractivity contribution is -0.116. The number of carbonyl (C=O) groups excluding carboxylic acids is 1. The van der Waals surface area contributed by atoms with Crippen LogP contribution in [0.15, 0.2) is 18.2 Å². The first-order valence-corrected chi connectivity index (χ1v) is 6.56. The van der Waals surface area contributed by atoms with Crippen LogP contribution in [0.4, 0.5) is 11.4 Å². The zero-order valence-electron chi connectivity index (χ0n) is 10.9. The first-order chi connectivity index (χ1) is 8.70. The van der Waals surface area contributed by atoms with E-state index in [1.807, 2.05) is 13.0 Å². The number of carbonyl (C=O) groups is 1. The fourth-order valence-corrected chi connectivity index (χ4v) is 2.30. The molecule has 0 aliphatic carbocycles. The fourth-order valence-electron chi connectivity index (χ4n) is 2.30. The van der Waals surface area contributed by atoms with Gasteiger partial charge in [-0.15, -0.1) is 0 Å². The smallest absolute Gasteiger partial charge is 0.225 e. The summed E-state index contributed by atoms with van der Waals surface area (Å²) < 4.78 is 0. The van der Waals surface area contributed by atoms with E-state index in [1.165, 1.54) is 18.5 Å². The Bertz CT molecular complexity index is 425. The molecule has 2 rings (SSSR count). The maximum atomic E-state index is 11.5. The van der Waals surface area contributed by atoms with E-state index in [0.717, 1.165) is 24.3 Å². The molecule has 1 aliphatic heterocycles. The Morgan fingerprint density at radius 2 is 2.11 bits per heavy atom. The molecule has 0 radical (unpaired) electrons. The molecule has 4 heteroatoms. The van der Waals surface area contributed by atoms with Crippen LogP contribution in [0.25, 0.3) is 0 Å². The molecule has 98 valence electrons. The molecule has 1 aromatic rings. The lowest BCUT2D eigenvalue weighted by Crippen LogP contribution is -2.19. The zero-order chi connectivity index (χ0) is 13.0. The van der Waals surface area contributed by atoms with Crippen molar-refractivity contribution >= 4 is 17.3 Å². The van der Waals surface area contributed by atoms with Gasteiger partial charge < -0.3 is 16.0 Å². The maximum Gasteiger partial charge on any atom is 0.225 e. The Morgan fingerprint density at radius 1 is 1.39 bits per heavy atom. The van der Waals surface area contributed by atoms with Crippen LogP contribution in [-0.2, 0) is 4.79 Å². The third-order valence-corrected chi connectivity index (χ3v) is 3.33. The molecule has 0 aromatic heterocycles. The molecule has 3 N–H and O–H groups in total. The summed E-state index contributed by atoms with van der Waals surface area (Å²) in [6.45, 7) is 4.69. The second kappa shape index (κ2) is 5.87. The summed E-state index contributed by atoms with van der Waals surface area (Å²) in [6, 6.07) is 6.21. The van der Waals surface area contributed by atoms with E-state index in [1.54, 1.807) is 0 Å². The van der Waals surface area contributed by atoms with Crippen LogP contribution >= 0.6 is 0 Å². The molecule has 1 aromatic carbocycles. The first-order valence-electron chi connectivity index (χ1n) is 6.56. The fraction of sp³-hybridized carbons (Fsp3) is 0.500. The number of amides is 1. The summed E-state index contributed by atoms with van der Waals surface area (Å²) in [5.74, 6) is -0.0190. The second-order valence-electron chi connectivity index (χ2n) is 4.78. The van der Waals surface area contributed by atoms with Gasteiger partial charge in [-0.05, 0) is 43.5 Å². The number of benzene rings is 1. The van der Waals surface area contributed by atoms with Crippen LogP contribution in [0.5, 0.6) is 0 Å². The van der Waals surface area contributed by atoms with Gasteiger partial charge in [-0.25, -0.2) is 0 Å².